The van der Waals surface area contributed by atoms with Crippen LogP contribution in [0.4, 0.5) is 0 Å². The summed E-state index contributed by atoms with van der Waals surface area (Å²) in [6, 6.07) is 14.1. The summed E-state index contributed by atoms with van der Waals surface area (Å²) in [6.45, 7) is 0. The first kappa shape index (κ1) is 15.4. The molecule has 2 aromatic carbocycles. The summed E-state index contributed by atoms with van der Waals surface area (Å²) in [5.74, 6) is 0.848. The fraction of sp³-hybridized carbons (Fsp3) is 0.250. The van der Waals surface area contributed by atoms with Crippen molar-refractivity contribution >= 4 is 27.5 Å². The molecule has 0 spiro atoms. The number of hydrogen-bond donors (Lipinski definition) is 1. The molecule has 0 heterocycles. The van der Waals surface area contributed by atoms with Gasteiger partial charge in [-0.15, -0.1) is 0 Å². The molecule has 0 radical (unpaired) electrons. The summed E-state index contributed by atoms with van der Waals surface area (Å²) in [5.41, 5.74) is 2.31. The highest BCUT2D eigenvalue weighted by atomic mass is 79.9. The Labute approximate surface area is 133 Å². The third kappa shape index (κ3) is 3.54. The van der Waals surface area contributed by atoms with Crippen LogP contribution in [0.15, 0.2) is 46.9 Å². The van der Waals surface area contributed by atoms with Crippen LogP contribution in [-0.2, 0) is 6.42 Å². The maximum atomic E-state index is 6.12. The second kappa shape index (κ2) is 7.11. The predicted octanol–water partition coefficient (Wildman–Crippen LogP) is 4.61. The Morgan fingerprint density at radius 1 is 1.25 bits per heavy atom. The number of hydrogen-bond acceptors (Lipinski definition) is 2. The normalized spacial score (nSPS) is 12.2. The van der Waals surface area contributed by atoms with Gasteiger partial charge < -0.3 is 10.1 Å². The molecule has 106 valence electrons. The van der Waals surface area contributed by atoms with Crippen molar-refractivity contribution in [3.8, 4) is 5.75 Å². The Morgan fingerprint density at radius 3 is 2.65 bits per heavy atom. The fourth-order valence-corrected chi connectivity index (χ4v) is 2.86. The van der Waals surface area contributed by atoms with Crippen molar-refractivity contribution in [3.05, 3.63) is 63.1 Å². The van der Waals surface area contributed by atoms with Gasteiger partial charge in [-0.05, 0) is 43.3 Å². The summed E-state index contributed by atoms with van der Waals surface area (Å²) in [7, 11) is 3.62. The van der Waals surface area contributed by atoms with Crippen molar-refractivity contribution < 1.29 is 4.74 Å². The maximum absolute atomic E-state index is 6.12. The Kier molecular flexibility index (Phi) is 5.46. The molecule has 0 saturated heterocycles. The van der Waals surface area contributed by atoms with E-state index in [9.17, 15) is 0 Å². The van der Waals surface area contributed by atoms with Gasteiger partial charge in [0, 0.05) is 21.1 Å². The molecule has 0 bridgehead atoms. The maximum Gasteiger partial charge on any atom is 0.123 e. The smallest absolute Gasteiger partial charge is 0.123 e. The van der Waals surface area contributed by atoms with Crippen molar-refractivity contribution in [3.63, 3.8) is 0 Å². The zero-order valence-electron chi connectivity index (χ0n) is 11.5. The van der Waals surface area contributed by atoms with E-state index in [2.05, 4.69) is 33.4 Å². The predicted molar refractivity (Wildman–Crippen MR) is 87.7 cm³/mol. The van der Waals surface area contributed by atoms with Gasteiger partial charge in [0.15, 0.2) is 0 Å². The van der Waals surface area contributed by atoms with Crippen molar-refractivity contribution in [2.75, 3.05) is 14.2 Å². The van der Waals surface area contributed by atoms with E-state index < -0.39 is 0 Å². The van der Waals surface area contributed by atoms with E-state index in [1.807, 2.05) is 37.4 Å². The molecule has 2 aromatic rings. The van der Waals surface area contributed by atoms with Crippen molar-refractivity contribution in [2.45, 2.75) is 12.5 Å². The largest absolute Gasteiger partial charge is 0.496 e. The van der Waals surface area contributed by atoms with Crippen LogP contribution in [0.25, 0.3) is 0 Å². The van der Waals surface area contributed by atoms with Gasteiger partial charge in [0.25, 0.3) is 0 Å². The lowest BCUT2D eigenvalue weighted by Gasteiger charge is -2.20. The molecule has 0 aromatic heterocycles. The molecule has 0 aliphatic carbocycles. The molecule has 20 heavy (non-hydrogen) atoms. The highest BCUT2D eigenvalue weighted by Crippen LogP contribution is 2.31. The van der Waals surface area contributed by atoms with Crippen LogP contribution in [0, 0.1) is 0 Å². The lowest BCUT2D eigenvalue weighted by atomic mass is 9.98. The van der Waals surface area contributed by atoms with Crippen LogP contribution in [0.5, 0.6) is 5.75 Å². The van der Waals surface area contributed by atoms with Gasteiger partial charge >= 0.3 is 0 Å². The van der Waals surface area contributed by atoms with Crippen LogP contribution < -0.4 is 10.1 Å². The van der Waals surface area contributed by atoms with Gasteiger partial charge in [0.05, 0.1) is 7.11 Å². The molecular formula is C16H17BrClNO. The Morgan fingerprint density at radius 2 is 2.00 bits per heavy atom. The van der Waals surface area contributed by atoms with E-state index in [-0.39, 0.29) is 6.04 Å². The SMILES string of the molecule is CNC(Cc1ccccc1Br)c1cc(Cl)ccc1OC. The number of halogens is 2. The first-order chi connectivity index (χ1) is 9.65. The van der Waals surface area contributed by atoms with Crippen molar-refractivity contribution in [1.82, 2.24) is 5.32 Å². The molecule has 1 atom stereocenters. The van der Waals surface area contributed by atoms with Crippen LogP contribution >= 0.6 is 27.5 Å². The first-order valence-corrected chi connectivity index (χ1v) is 7.57. The third-order valence-electron chi connectivity index (χ3n) is 3.30. The minimum absolute atomic E-state index is 0.141. The number of nitrogens with one attached hydrogen (secondary N) is 1. The fourth-order valence-electron chi connectivity index (χ4n) is 2.23. The highest BCUT2D eigenvalue weighted by molar-refractivity contribution is 9.10. The average Bonchev–Trinajstić information content (AvgIpc) is 2.46. The van der Waals surface area contributed by atoms with Gasteiger partial charge in [-0.1, -0.05) is 45.7 Å². The molecule has 0 amide bonds. The number of likely N-dealkylation sites (N-methyl/N-ethyl adjacent to an activating group) is 1. The molecule has 0 saturated carbocycles. The average molecular weight is 355 g/mol. The molecule has 1 N–H and O–H groups in total. The minimum atomic E-state index is 0.141. The second-order valence-corrected chi connectivity index (χ2v) is 5.81. The lowest BCUT2D eigenvalue weighted by Crippen LogP contribution is -2.19. The monoisotopic (exact) mass is 353 g/mol. The third-order valence-corrected chi connectivity index (χ3v) is 4.31. The molecule has 1 unspecified atom stereocenters. The molecule has 0 aliphatic rings. The molecule has 4 heteroatoms. The molecule has 2 nitrogen and oxygen atoms in total. The standard InChI is InChI=1S/C16H17BrClNO/c1-19-15(9-11-5-3-4-6-14(11)17)13-10-12(18)7-8-16(13)20-2/h3-8,10,15,19H,9H2,1-2H3. The van der Waals surface area contributed by atoms with Gasteiger partial charge in [0.2, 0.25) is 0 Å². The number of ether oxygens (including phenoxy) is 1. The Balaban J connectivity index is 2.33. The number of methoxy groups -OCH3 is 1. The van der Waals surface area contributed by atoms with E-state index in [1.165, 1.54) is 5.56 Å². The number of benzene rings is 2. The molecule has 2 rings (SSSR count). The van der Waals surface area contributed by atoms with Crippen LogP contribution in [0.2, 0.25) is 5.02 Å². The molecule has 0 fully saturated rings. The Bertz CT molecular complexity index is 588. The lowest BCUT2D eigenvalue weighted by molar-refractivity contribution is 0.401. The van der Waals surface area contributed by atoms with Crippen LogP contribution in [-0.4, -0.2) is 14.2 Å². The summed E-state index contributed by atoms with van der Waals surface area (Å²) in [5, 5.41) is 4.05. The summed E-state index contributed by atoms with van der Waals surface area (Å²) in [4.78, 5) is 0. The quantitative estimate of drug-likeness (QED) is 0.846. The number of rotatable bonds is 5. The van der Waals surface area contributed by atoms with E-state index in [0.29, 0.717) is 5.02 Å². The zero-order chi connectivity index (χ0) is 14.5. The van der Waals surface area contributed by atoms with Gasteiger partial charge in [0.1, 0.15) is 5.75 Å². The first-order valence-electron chi connectivity index (χ1n) is 6.39. The van der Waals surface area contributed by atoms with Gasteiger partial charge in [-0.25, -0.2) is 0 Å². The highest BCUT2D eigenvalue weighted by Gasteiger charge is 2.16. The van der Waals surface area contributed by atoms with Crippen molar-refractivity contribution in [1.29, 1.82) is 0 Å². The van der Waals surface area contributed by atoms with Crippen LogP contribution in [0.3, 0.4) is 0 Å². The second-order valence-electron chi connectivity index (χ2n) is 4.52. The van der Waals surface area contributed by atoms with Gasteiger partial charge in [-0.2, -0.15) is 0 Å². The van der Waals surface area contributed by atoms with Crippen molar-refractivity contribution in [2.24, 2.45) is 0 Å². The van der Waals surface area contributed by atoms with Gasteiger partial charge in [-0.3, -0.25) is 0 Å². The summed E-state index contributed by atoms with van der Waals surface area (Å²) in [6.07, 6.45) is 0.856. The minimum Gasteiger partial charge on any atom is -0.496 e. The topological polar surface area (TPSA) is 21.3 Å². The van der Waals surface area contributed by atoms with E-state index >= 15 is 0 Å². The molecule has 0 aliphatic heterocycles. The van der Waals surface area contributed by atoms with E-state index in [1.54, 1.807) is 7.11 Å². The Hall–Kier alpha value is -1.03. The van der Waals surface area contributed by atoms with E-state index in [4.69, 9.17) is 16.3 Å². The summed E-state index contributed by atoms with van der Waals surface area (Å²) < 4.78 is 6.55. The van der Waals surface area contributed by atoms with E-state index in [0.717, 1.165) is 22.2 Å². The van der Waals surface area contributed by atoms with Crippen LogP contribution in [0.1, 0.15) is 17.2 Å². The summed E-state index contributed by atoms with van der Waals surface area (Å²) >= 11 is 9.71. The zero-order valence-corrected chi connectivity index (χ0v) is 13.8. The molecular weight excluding hydrogens is 338 g/mol.